The Morgan fingerprint density at radius 2 is 2.00 bits per heavy atom. The highest BCUT2D eigenvalue weighted by molar-refractivity contribution is 6.31. The first-order valence-corrected chi connectivity index (χ1v) is 5.74. The van der Waals surface area contributed by atoms with Gasteiger partial charge in [-0.1, -0.05) is 32.4 Å². The lowest BCUT2D eigenvalue weighted by molar-refractivity contribution is 0.0447. The van der Waals surface area contributed by atoms with Crippen LogP contribution in [0, 0.1) is 11.2 Å². The number of furan rings is 1. The van der Waals surface area contributed by atoms with Crippen LogP contribution in [0.5, 0.6) is 0 Å². The third-order valence-corrected chi connectivity index (χ3v) is 2.98. The van der Waals surface area contributed by atoms with Gasteiger partial charge in [-0.05, 0) is 23.6 Å². The van der Waals surface area contributed by atoms with Gasteiger partial charge in [0.25, 0.3) is 0 Å². The van der Waals surface area contributed by atoms with Crippen LogP contribution in [0.1, 0.15) is 32.6 Å². The minimum Gasteiger partial charge on any atom is -0.455 e. The van der Waals surface area contributed by atoms with E-state index in [0.717, 1.165) is 0 Å². The Balaban J connectivity index is 2.56. The van der Waals surface area contributed by atoms with Crippen molar-refractivity contribution in [2.75, 3.05) is 0 Å². The van der Waals surface area contributed by atoms with Crippen molar-refractivity contribution in [3.8, 4) is 0 Å². The van der Waals surface area contributed by atoms with E-state index in [1.54, 1.807) is 12.1 Å². The van der Waals surface area contributed by atoms with Crippen LogP contribution in [-0.4, -0.2) is 5.11 Å². The first kappa shape index (κ1) is 12.4. The Bertz CT molecular complexity index is 554. The minimum absolute atomic E-state index is 0.0173. The second-order valence-electron chi connectivity index (χ2n) is 5.20. The van der Waals surface area contributed by atoms with Crippen LogP contribution in [0.2, 0.25) is 5.02 Å². The Morgan fingerprint density at radius 1 is 1.35 bits per heavy atom. The summed E-state index contributed by atoms with van der Waals surface area (Å²) >= 11 is 5.67. The highest BCUT2D eigenvalue weighted by Gasteiger charge is 2.27. The lowest BCUT2D eigenvalue weighted by Crippen LogP contribution is -2.16. The highest BCUT2D eigenvalue weighted by Crippen LogP contribution is 2.36. The first-order valence-electron chi connectivity index (χ1n) is 5.36. The summed E-state index contributed by atoms with van der Waals surface area (Å²) in [5.41, 5.74) is -0.274. The maximum Gasteiger partial charge on any atom is 0.184 e. The molecule has 2 rings (SSSR count). The molecule has 4 heteroatoms. The molecule has 1 aromatic heterocycles. The normalized spacial score (nSPS) is 14.2. The van der Waals surface area contributed by atoms with Crippen molar-refractivity contribution in [1.82, 2.24) is 0 Å². The van der Waals surface area contributed by atoms with E-state index in [2.05, 4.69) is 0 Å². The van der Waals surface area contributed by atoms with Crippen molar-refractivity contribution in [2.24, 2.45) is 5.41 Å². The molecule has 92 valence electrons. The number of aliphatic hydroxyl groups excluding tert-OH is 1. The van der Waals surface area contributed by atoms with Crippen molar-refractivity contribution in [2.45, 2.75) is 26.9 Å². The number of halogens is 2. The van der Waals surface area contributed by atoms with E-state index in [9.17, 15) is 9.50 Å². The fraction of sp³-hybridized carbons (Fsp3) is 0.385. The van der Waals surface area contributed by atoms with Gasteiger partial charge in [-0.15, -0.1) is 0 Å². The monoisotopic (exact) mass is 256 g/mol. The average molecular weight is 257 g/mol. The molecule has 1 heterocycles. The number of rotatable bonds is 1. The molecule has 0 aliphatic heterocycles. The van der Waals surface area contributed by atoms with Gasteiger partial charge in [0.2, 0.25) is 0 Å². The van der Waals surface area contributed by atoms with Gasteiger partial charge < -0.3 is 9.52 Å². The van der Waals surface area contributed by atoms with Crippen molar-refractivity contribution in [3.05, 3.63) is 34.8 Å². The van der Waals surface area contributed by atoms with Crippen molar-refractivity contribution in [1.29, 1.82) is 0 Å². The van der Waals surface area contributed by atoms with Crippen LogP contribution in [0.25, 0.3) is 11.0 Å². The van der Waals surface area contributed by atoms with Crippen molar-refractivity contribution >= 4 is 22.6 Å². The molecule has 0 aliphatic carbocycles. The van der Waals surface area contributed by atoms with Crippen LogP contribution in [0.4, 0.5) is 4.39 Å². The summed E-state index contributed by atoms with van der Waals surface area (Å²) in [4.78, 5) is 0. The molecule has 0 fully saturated rings. The summed E-state index contributed by atoms with van der Waals surface area (Å²) < 4.78 is 19.0. The lowest BCUT2D eigenvalue weighted by atomic mass is 9.88. The summed E-state index contributed by atoms with van der Waals surface area (Å²) in [6.07, 6.45) is -0.784. The number of hydrogen-bond acceptors (Lipinski definition) is 2. The molecule has 0 spiro atoms. The molecule has 1 aromatic carbocycles. The molecule has 0 bridgehead atoms. The number of benzene rings is 1. The maximum atomic E-state index is 13.7. The number of hydrogen-bond donors (Lipinski definition) is 1. The molecule has 0 aliphatic rings. The predicted octanol–water partition coefficient (Wildman–Crippen LogP) is 4.30. The topological polar surface area (TPSA) is 33.4 Å². The van der Waals surface area contributed by atoms with Crippen molar-refractivity contribution in [3.63, 3.8) is 0 Å². The van der Waals surface area contributed by atoms with E-state index >= 15 is 0 Å². The lowest BCUT2D eigenvalue weighted by Gasteiger charge is -2.23. The predicted molar refractivity (Wildman–Crippen MR) is 65.6 cm³/mol. The third kappa shape index (κ3) is 2.17. The van der Waals surface area contributed by atoms with Crippen LogP contribution < -0.4 is 0 Å². The third-order valence-electron chi connectivity index (χ3n) is 2.69. The summed E-state index contributed by atoms with van der Waals surface area (Å²) in [5.74, 6) is -0.231. The summed E-state index contributed by atoms with van der Waals surface area (Å²) in [5, 5.41) is 10.7. The van der Waals surface area contributed by atoms with E-state index in [4.69, 9.17) is 16.0 Å². The zero-order valence-electron chi connectivity index (χ0n) is 9.92. The quantitative estimate of drug-likeness (QED) is 0.825. The SMILES string of the molecule is CC(C)(C)C(O)c1cc2ccc(Cl)c(F)c2o1. The van der Waals surface area contributed by atoms with Gasteiger partial charge in [0.1, 0.15) is 11.9 Å². The number of fused-ring (bicyclic) bond motifs is 1. The summed E-state index contributed by atoms with van der Waals surface area (Å²) in [6, 6.07) is 4.79. The van der Waals surface area contributed by atoms with Gasteiger partial charge in [0, 0.05) is 5.39 Å². The van der Waals surface area contributed by atoms with Crippen molar-refractivity contribution < 1.29 is 13.9 Å². The van der Waals surface area contributed by atoms with Gasteiger partial charge in [-0.3, -0.25) is 0 Å². The van der Waals surface area contributed by atoms with Gasteiger partial charge in [-0.2, -0.15) is 0 Å². The molecular weight excluding hydrogens is 243 g/mol. The molecule has 0 amide bonds. The van der Waals surface area contributed by atoms with E-state index in [-0.39, 0.29) is 16.0 Å². The van der Waals surface area contributed by atoms with E-state index in [1.165, 1.54) is 6.07 Å². The van der Waals surface area contributed by atoms with Crippen LogP contribution in [0.3, 0.4) is 0 Å². The van der Waals surface area contributed by atoms with E-state index in [0.29, 0.717) is 11.1 Å². The molecule has 1 atom stereocenters. The molecule has 0 saturated heterocycles. The zero-order valence-corrected chi connectivity index (χ0v) is 10.7. The number of aliphatic hydroxyl groups is 1. The van der Waals surface area contributed by atoms with Crippen LogP contribution >= 0.6 is 11.6 Å². The van der Waals surface area contributed by atoms with Gasteiger partial charge in [0.15, 0.2) is 11.4 Å². The minimum atomic E-state index is -0.784. The molecule has 2 aromatic rings. The second kappa shape index (κ2) is 4.00. The summed E-state index contributed by atoms with van der Waals surface area (Å²) in [6.45, 7) is 5.65. The Kier molecular flexibility index (Phi) is 2.92. The molecular formula is C13H14ClFO2. The Morgan fingerprint density at radius 3 is 2.59 bits per heavy atom. The van der Waals surface area contributed by atoms with Gasteiger partial charge >= 0.3 is 0 Å². The largest absolute Gasteiger partial charge is 0.455 e. The molecule has 1 N–H and O–H groups in total. The standard InChI is InChI=1S/C13H14ClFO2/c1-13(2,3)12(16)9-6-7-4-5-8(14)10(15)11(7)17-9/h4-6,12,16H,1-3H3. The highest BCUT2D eigenvalue weighted by atomic mass is 35.5. The van der Waals surface area contributed by atoms with E-state index < -0.39 is 11.9 Å². The Labute approximate surface area is 104 Å². The van der Waals surface area contributed by atoms with Crippen LogP contribution in [-0.2, 0) is 0 Å². The zero-order chi connectivity index (χ0) is 12.8. The fourth-order valence-electron chi connectivity index (χ4n) is 1.63. The van der Waals surface area contributed by atoms with Gasteiger partial charge in [0.05, 0.1) is 5.02 Å². The Hall–Kier alpha value is -1.06. The molecule has 2 nitrogen and oxygen atoms in total. The van der Waals surface area contributed by atoms with E-state index in [1.807, 2.05) is 20.8 Å². The van der Waals surface area contributed by atoms with Gasteiger partial charge in [-0.25, -0.2) is 4.39 Å². The molecule has 1 unspecified atom stereocenters. The average Bonchev–Trinajstić information content (AvgIpc) is 2.65. The maximum absolute atomic E-state index is 13.7. The molecule has 0 radical (unpaired) electrons. The van der Waals surface area contributed by atoms with Crippen LogP contribution in [0.15, 0.2) is 22.6 Å². The molecule has 17 heavy (non-hydrogen) atoms. The summed E-state index contributed by atoms with van der Waals surface area (Å²) in [7, 11) is 0. The first-order chi connectivity index (χ1) is 7.80. The smallest absolute Gasteiger partial charge is 0.184 e. The second-order valence-corrected chi connectivity index (χ2v) is 5.60. The fourth-order valence-corrected chi connectivity index (χ4v) is 1.78. The molecule has 0 saturated carbocycles.